The first-order valence-corrected chi connectivity index (χ1v) is 11.4. The number of hydrogen-bond acceptors (Lipinski definition) is 6. The third-order valence-corrected chi connectivity index (χ3v) is 6.27. The third kappa shape index (κ3) is 3.78. The maximum absolute atomic E-state index is 12.5. The van der Waals surface area contributed by atoms with Gasteiger partial charge in [-0.2, -0.15) is 0 Å². The smallest absolute Gasteiger partial charge is 0.287 e. The van der Waals surface area contributed by atoms with Gasteiger partial charge in [-0.1, -0.05) is 12.1 Å². The van der Waals surface area contributed by atoms with Crippen molar-refractivity contribution in [2.75, 3.05) is 11.0 Å². The predicted octanol–water partition coefficient (Wildman–Crippen LogP) is 1.77. The number of amides is 1. The van der Waals surface area contributed by atoms with Gasteiger partial charge >= 0.3 is 0 Å². The molecule has 0 bridgehead atoms. The van der Waals surface area contributed by atoms with Crippen molar-refractivity contribution in [3.8, 4) is 0 Å². The summed E-state index contributed by atoms with van der Waals surface area (Å²) in [7, 11) is -3.38. The van der Waals surface area contributed by atoms with Gasteiger partial charge in [0.1, 0.15) is 4.83 Å². The molecular formula is C18H18N4O4S2. The Hall–Kier alpha value is -2.72. The number of aromatic nitrogens is 2. The second-order valence-electron chi connectivity index (χ2n) is 6.71. The van der Waals surface area contributed by atoms with Crippen molar-refractivity contribution in [3.63, 3.8) is 0 Å². The van der Waals surface area contributed by atoms with Crippen molar-refractivity contribution in [2.45, 2.75) is 25.8 Å². The molecule has 0 saturated carbocycles. The fourth-order valence-corrected chi connectivity index (χ4v) is 5.15. The van der Waals surface area contributed by atoms with E-state index in [4.69, 9.17) is 0 Å². The van der Waals surface area contributed by atoms with Crippen LogP contribution in [0.3, 0.4) is 0 Å². The molecule has 4 rings (SSSR count). The summed E-state index contributed by atoms with van der Waals surface area (Å²) < 4.78 is 25.1. The number of fused-ring (bicyclic) bond motifs is 3. The van der Waals surface area contributed by atoms with Crippen LogP contribution >= 0.6 is 11.3 Å². The van der Waals surface area contributed by atoms with E-state index in [9.17, 15) is 18.0 Å². The molecule has 1 aliphatic carbocycles. The van der Waals surface area contributed by atoms with Crippen LogP contribution in [0.15, 0.2) is 29.1 Å². The van der Waals surface area contributed by atoms with Gasteiger partial charge in [0, 0.05) is 17.1 Å². The van der Waals surface area contributed by atoms with E-state index >= 15 is 0 Å². The Balaban J connectivity index is 1.52. The number of sulfonamides is 1. The van der Waals surface area contributed by atoms with E-state index in [1.54, 1.807) is 24.3 Å². The number of anilines is 1. The lowest BCUT2D eigenvalue weighted by Gasteiger charge is -2.08. The van der Waals surface area contributed by atoms with E-state index in [1.165, 1.54) is 16.2 Å². The molecule has 0 saturated heterocycles. The first-order chi connectivity index (χ1) is 13.3. The molecule has 0 spiro atoms. The number of H-pyrrole nitrogens is 1. The maximum atomic E-state index is 12.5. The number of nitrogens with one attached hydrogen (secondary N) is 3. The molecular weight excluding hydrogens is 400 g/mol. The van der Waals surface area contributed by atoms with Crippen LogP contribution in [0, 0.1) is 0 Å². The minimum Gasteiger partial charge on any atom is -0.345 e. The lowest BCUT2D eigenvalue weighted by atomic mass is 10.2. The van der Waals surface area contributed by atoms with Crippen LogP contribution in [0.5, 0.6) is 0 Å². The van der Waals surface area contributed by atoms with Crippen molar-refractivity contribution in [1.82, 2.24) is 15.3 Å². The lowest BCUT2D eigenvalue weighted by Crippen LogP contribution is -2.27. The van der Waals surface area contributed by atoms with Crippen LogP contribution < -0.4 is 15.6 Å². The van der Waals surface area contributed by atoms with Crippen LogP contribution in [0.25, 0.3) is 10.2 Å². The van der Waals surface area contributed by atoms with Crippen LogP contribution in [-0.2, 0) is 29.4 Å². The zero-order chi connectivity index (χ0) is 19.9. The monoisotopic (exact) mass is 418 g/mol. The van der Waals surface area contributed by atoms with Gasteiger partial charge < -0.3 is 10.3 Å². The van der Waals surface area contributed by atoms with E-state index in [1.807, 2.05) is 0 Å². The number of carbonyl (C=O) groups is 1. The largest absolute Gasteiger partial charge is 0.345 e. The van der Waals surface area contributed by atoms with Gasteiger partial charge in [0.25, 0.3) is 11.5 Å². The van der Waals surface area contributed by atoms with Crippen molar-refractivity contribution in [3.05, 3.63) is 56.4 Å². The molecule has 0 atom stereocenters. The number of thiophene rings is 1. The predicted molar refractivity (Wildman–Crippen MR) is 108 cm³/mol. The van der Waals surface area contributed by atoms with E-state index in [-0.39, 0.29) is 17.9 Å². The first-order valence-electron chi connectivity index (χ1n) is 8.69. The second kappa shape index (κ2) is 7.02. The van der Waals surface area contributed by atoms with Crippen LogP contribution in [-0.4, -0.2) is 30.5 Å². The molecule has 1 aromatic carbocycles. The Morgan fingerprint density at radius 1 is 1.32 bits per heavy atom. The van der Waals surface area contributed by atoms with Crippen molar-refractivity contribution >= 4 is 43.2 Å². The van der Waals surface area contributed by atoms with Crippen LogP contribution in [0.1, 0.15) is 33.0 Å². The SMILES string of the molecule is CS(=O)(=O)Nc1cccc(CNC(=O)c2nc3sc4c(c3c(=O)[nH]2)CCC4)c1. The van der Waals surface area contributed by atoms with Gasteiger partial charge in [-0.25, -0.2) is 13.4 Å². The summed E-state index contributed by atoms with van der Waals surface area (Å²) in [5.41, 5.74) is 1.90. The standard InChI is InChI=1S/C18H18N4O4S2/c1-28(25,26)22-11-5-2-4-10(8-11)9-19-17(24)15-20-16(23)14-12-6-3-7-13(12)27-18(14)21-15/h2,4-5,8,22H,3,6-7,9H2,1H3,(H,19,24)(H,20,21,23). The quantitative estimate of drug-likeness (QED) is 0.583. The minimum absolute atomic E-state index is 0.0251. The van der Waals surface area contributed by atoms with E-state index in [0.29, 0.717) is 21.5 Å². The first kappa shape index (κ1) is 18.6. The Morgan fingerprint density at radius 3 is 2.93 bits per heavy atom. The Kier molecular flexibility index (Phi) is 4.68. The van der Waals surface area contributed by atoms with Gasteiger partial charge in [-0.3, -0.25) is 14.3 Å². The van der Waals surface area contributed by atoms with Crippen molar-refractivity contribution in [1.29, 1.82) is 0 Å². The number of aryl methyl sites for hydroxylation is 2. The van der Waals surface area contributed by atoms with Gasteiger partial charge in [-0.05, 0) is 42.5 Å². The lowest BCUT2D eigenvalue weighted by molar-refractivity contribution is 0.0940. The summed E-state index contributed by atoms with van der Waals surface area (Å²) >= 11 is 1.48. The fourth-order valence-electron chi connectivity index (χ4n) is 3.33. The van der Waals surface area contributed by atoms with E-state index in [0.717, 1.165) is 31.1 Å². The molecule has 146 valence electrons. The normalized spacial score (nSPS) is 13.5. The summed E-state index contributed by atoms with van der Waals surface area (Å²) in [6, 6.07) is 6.70. The summed E-state index contributed by atoms with van der Waals surface area (Å²) in [5, 5.41) is 3.31. The highest BCUT2D eigenvalue weighted by atomic mass is 32.2. The second-order valence-corrected chi connectivity index (χ2v) is 9.54. The Labute approximate surface area is 165 Å². The number of hydrogen-bond donors (Lipinski definition) is 3. The molecule has 2 aromatic heterocycles. The highest BCUT2D eigenvalue weighted by molar-refractivity contribution is 7.92. The van der Waals surface area contributed by atoms with Crippen molar-refractivity contribution in [2.24, 2.45) is 0 Å². The molecule has 3 aromatic rings. The van der Waals surface area contributed by atoms with Crippen LogP contribution in [0.4, 0.5) is 5.69 Å². The summed E-state index contributed by atoms with van der Waals surface area (Å²) in [4.78, 5) is 33.6. The fraction of sp³-hybridized carbons (Fsp3) is 0.278. The maximum Gasteiger partial charge on any atom is 0.287 e. The van der Waals surface area contributed by atoms with Gasteiger partial charge in [0.2, 0.25) is 15.8 Å². The van der Waals surface area contributed by atoms with Gasteiger partial charge in [0.05, 0.1) is 11.6 Å². The molecule has 10 heteroatoms. The van der Waals surface area contributed by atoms with E-state index < -0.39 is 15.9 Å². The number of nitrogens with zero attached hydrogens (tertiary/aromatic N) is 1. The highest BCUT2D eigenvalue weighted by Crippen LogP contribution is 2.34. The molecule has 0 unspecified atom stereocenters. The third-order valence-electron chi connectivity index (χ3n) is 4.47. The molecule has 2 heterocycles. The molecule has 1 amide bonds. The van der Waals surface area contributed by atoms with E-state index in [2.05, 4.69) is 20.0 Å². The zero-order valence-corrected chi connectivity index (χ0v) is 16.7. The molecule has 0 fully saturated rings. The van der Waals surface area contributed by atoms with Gasteiger partial charge in [-0.15, -0.1) is 11.3 Å². The number of aromatic amines is 1. The average molecular weight is 419 g/mol. The Morgan fingerprint density at radius 2 is 2.14 bits per heavy atom. The molecule has 0 radical (unpaired) electrons. The summed E-state index contributed by atoms with van der Waals surface area (Å²) in [6.45, 7) is 0.167. The molecule has 0 aliphatic heterocycles. The number of benzene rings is 1. The molecule has 28 heavy (non-hydrogen) atoms. The highest BCUT2D eigenvalue weighted by Gasteiger charge is 2.22. The summed E-state index contributed by atoms with van der Waals surface area (Å²) in [5.74, 6) is -0.517. The summed E-state index contributed by atoms with van der Waals surface area (Å²) in [6.07, 6.45) is 3.95. The topological polar surface area (TPSA) is 121 Å². The number of rotatable bonds is 5. The average Bonchev–Trinajstić information content (AvgIpc) is 3.19. The van der Waals surface area contributed by atoms with Crippen LogP contribution in [0.2, 0.25) is 0 Å². The zero-order valence-electron chi connectivity index (χ0n) is 15.0. The molecule has 1 aliphatic rings. The minimum atomic E-state index is -3.38. The Bertz CT molecular complexity index is 1240. The molecule has 3 N–H and O–H groups in total. The number of carbonyl (C=O) groups excluding carboxylic acids is 1. The van der Waals surface area contributed by atoms with Crippen molar-refractivity contribution < 1.29 is 13.2 Å². The molecule has 8 nitrogen and oxygen atoms in total. The van der Waals surface area contributed by atoms with Gasteiger partial charge in [0.15, 0.2) is 0 Å².